The highest BCUT2D eigenvalue weighted by Crippen LogP contribution is 2.04. The lowest BCUT2D eigenvalue weighted by atomic mass is 10.2. The van der Waals surface area contributed by atoms with Crippen LogP contribution in [-0.4, -0.2) is 36.6 Å². The molecule has 0 aromatic heterocycles. The Morgan fingerprint density at radius 1 is 1.00 bits per heavy atom. The van der Waals surface area contributed by atoms with Crippen molar-refractivity contribution in [2.24, 2.45) is 0 Å². The molecule has 0 aromatic carbocycles. The molecule has 16 heavy (non-hydrogen) atoms. The summed E-state index contributed by atoms with van der Waals surface area (Å²) in [5.41, 5.74) is 0. The van der Waals surface area contributed by atoms with Crippen LogP contribution in [0.5, 0.6) is 0 Å². The Hall–Kier alpha value is -0.0800. The number of rotatable bonds is 10. The minimum absolute atomic E-state index is 0.615. The van der Waals surface area contributed by atoms with E-state index in [2.05, 4.69) is 44.8 Å². The van der Waals surface area contributed by atoms with Gasteiger partial charge in [0.05, 0.1) is 0 Å². The second-order valence-corrected chi connectivity index (χ2v) is 5.15. The van der Waals surface area contributed by atoms with Crippen molar-refractivity contribution in [3.63, 3.8) is 0 Å². The quantitative estimate of drug-likeness (QED) is 0.577. The van der Waals surface area contributed by atoms with Crippen molar-refractivity contribution in [1.29, 1.82) is 0 Å². The summed E-state index contributed by atoms with van der Waals surface area (Å²) in [7, 11) is 0. The molecule has 1 N–H and O–H groups in total. The number of hydrogen-bond donors (Lipinski definition) is 1. The summed E-state index contributed by atoms with van der Waals surface area (Å²) in [6.07, 6.45) is 5.24. The van der Waals surface area contributed by atoms with Crippen LogP contribution in [0.3, 0.4) is 0 Å². The molecule has 2 nitrogen and oxygen atoms in total. The summed E-state index contributed by atoms with van der Waals surface area (Å²) in [4.78, 5) is 2.60. The van der Waals surface area contributed by atoms with Gasteiger partial charge in [-0.25, -0.2) is 0 Å². The van der Waals surface area contributed by atoms with Crippen LogP contribution in [-0.2, 0) is 0 Å². The molecule has 0 spiro atoms. The van der Waals surface area contributed by atoms with Gasteiger partial charge in [0.15, 0.2) is 0 Å². The van der Waals surface area contributed by atoms with Crippen LogP contribution in [0.2, 0.25) is 0 Å². The highest BCUT2D eigenvalue weighted by Gasteiger charge is 2.12. The van der Waals surface area contributed by atoms with Gasteiger partial charge in [0.1, 0.15) is 0 Å². The molecule has 0 aromatic rings. The van der Waals surface area contributed by atoms with Gasteiger partial charge < -0.3 is 5.32 Å². The molecular formula is C14H32N2. The topological polar surface area (TPSA) is 15.3 Å². The van der Waals surface area contributed by atoms with Gasteiger partial charge >= 0.3 is 0 Å². The van der Waals surface area contributed by atoms with Crippen LogP contribution in [0.15, 0.2) is 0 Å². The molecule has 0 bridgehead atoms. The third kappa shape index (κ3) is 8.12. The Morgan fingerprint density at radius 2 is 1.69 bits per heavy atom. The average molecular weight is 228 g/mol. The minimum atomic E-state index is 0.615. The first kappa shape index (κ1) is 15.9. The third-order valence-corrected chi connectivity index (χ3v) is 3.03. The maximum Gasteiger partial charge on any atom is 0.0166 e. The standard InChI is InChI=1S/C14H32N2/c1-6-8-9-11-16(13(3)4)12-14(5)15-10-7-2/h13-15H,6-12H2,1-5H3. The molecule has 0 aliphatic rings. The minimum Gasteiger partial charge on any atom is -0.313 e. The highest BCUT2D eigenvalue weighted by atomic mass is 15.2. The molecule has 98 valence electrons. The Labute approximate surface area is 103 Å². The van der Waals surface area contributed by atoms with E-state index in [1.54, 1.807) is 0 Å². The molecule has 0 rings (SSSR count). The van der Waals surface area contributed by atoms with E-state index in [0.29, 0.717) is 12.1 Å². The summed E-state index contributed by atoms with van der Waals surface area (Å²) in [6.45, 7) is 15.0. The van der Waals surface area contributed by atoms with E-state index in [9.17, 15) is 0 Å². The van der Waals surface area contributed by atoms with Crippen molar-refractivity contribution < 1.29 is 0 Å². The summed E-state index contributed by atoms with van der Waals surface area (Å²) in [6, 6.07) is 1.28. The van der Waals surface area contributed by atoms with E-state index in [1.807, 2.05) is 0 Å². The molecule has 0 aliphatic carbocycles. The lowest BCUT2D eigenvalue weighted by Crippen LogP contribution is -2.43. The monoisotopic (exact) mass is 228 g/mol. The third-order valence-electron chi connectivity index (χ3n) is 3.03. The zero-order valence-electron chi connectivity index (χ0n) is 12.1. The van der Waals surface area contributed by atoms with E-state index in [-0.39, 0.29) is 0 Å². The second-order valence-electron chi connectivity index (χ2n) is 5.15. The average Bonchev–Trinajstić information content (AvgIpc) is 2.25. The van der Waals surface area contributed by atoms with Crippen molar-refractivity contribution in [1.82, 2.24) is 10.2 Å². The molecule has 0 heterocycles. The summed E-state index contributed by atoms with van der Waals surface area (Å²) in [5.74, 6) is 0. The van der Waals surface area contributed by atoms with Crippen molar-refractivity contribution in [2.75, 3.05) is 19.6 Å². The summed E-state index contributed by atoms with van der Waals surface area (Å²) in [5, 5.41) is 3.57. The molecule has 0 saturated heterocycles. The van der Waals surface area contributed by atoms with E-state index in [0.717, 1.165) is 6.54 Å². The first-order valence-corrected chi connectivity index (χ1v) is 7.09. The first-order chi connectivity index (χ1) is 7.61. The molecule has 0 aliphatic heterocycles. The van der Waals surface area contributed by atoms with Gasteiger partial charge in [0, 0.05) is 18.6 Å². The SMILES string of the molecule is CCCCCN(CC(C)NCCC)C(C)C. The fourth-order valence-electron chi connectivity index (χ4n) is 1.93. The normalized spacial score (nSPS) is 13.7. The summed E-state index contributed by atoms with van der Waals surface area (Å²) >= 11 is 0. The maximum absolute atomic E-state index is 3.57. The van der Waals surface area contributed by atoms with Crippen LogP contribution in [0, 0.1) is 0 Å². The van der Waals surface area contributed by atoms with Gasteiger partial charge in [-0.3, -0.25) is 4.90 Å². The Morgan fingerprint density at radius 3 is 2.19 bits per heavy atom. The molecule has 0 saturated carbocycles. The predicted molar refractivity (Wildman–Crippen MR) is 74.0 cm³/mol. The number of nitrogens with zero attached hydrogens (tertiary/aromatic N) is 1. The largest absolute Gasteiger partial charge is 0.313 e. The van der Waals surface area contributed by atoms with E-state index in [1.165, 1.54) is 38.8 Å². The Balaban J connectivity index is 3.82. The lowest BCUT2D eigenvalue weighted by molar-refractivity contribution is 0.197. The summed E-state index contributed by atoms with van der Waals surface area (Å²) < 4.78 is 0. The van der Waals surface area contributed by atoms with Gasteiger partial charge in [0.25, 0.3) is 0 Å². The fourth-order valence-corrected chi connectivity index (χ4v) is 1.93. The van der Waals surface area contributed by atoms with Crippen molar-refractivity contribution in [2.45, 2.75) is 72.4 Å². The molecule has 2 heteroatoms. The number of hydrogen-bond acceptors (Lipinski definition) is 2. The smallest absolute Gasteiger partial charge is 0.0166 e. The van der Waals surface area contributed by atoms with Crippen molar-refractivity contribution in [3.8, 4) is 0 Å². The van der Waals surface area contributed by atoms with Gasteiger partial charge in [-0.15, -0.1) is 0 Å². The first-order valence-electron chi connectivity index (χ1n) is 7.09. The fraction of sp³-hybridized carbons (Fsp3) is 1.00. The molecule has 0 radical (unpaired) electrons. The lowest BCUT2D eigenvalue weighted by Gasteiger charge is -2.29. The molecular weight excluding hydrogens is 196 g/mol. The zero-order valence-corrected chi connectivity index (χ0v) is 12.1. The van der Waals surface area contributed by atoms with Crippen molar-refractivity contribution >= 4 is 0 Å². The molecule has 0 amide bonds. The number of nitrogens with one attached hydrogen (secondary N) is 1. The second kappa shape index (κ2) is 10.1. The molecule has 1 unspecified atom stereocenters. The van der Waals surface area contributed by atoms with E-state index in [4.69, 9.17) is 0 Å². The molecule has 0 fully saturated rings. The Bertz CT molecular complexity index is 146. The van der Waals surface area contributed by atoms with Crippen LogP contribution < -0.4 is 5.32 Å². The molecule has 1 atom stereocenters. The number of unbranched alkanes of at least 4 members (excludes halogenated alkanes) is 2. The van der Waals surface area contributed by atoms with Crippen molar-refractivity contribution in [3.05, 3.63) is 0 Å². The Kier molecular flexibility index (Phi) is 10.0. The predicted octanol–water partition coefficient (Wildman–Crippen LogP) is 3.28. The van der Waals surface area contributed by atoms with Gasteiger partial charge in [-0.2, -0.15) is 0 Å². The van der Waals surface area contributed by atoms with Gasteiger partial charge in [-0.1, -0.05) is 26.7 Å². The van der Waals surface area contributed by atoms with Gasteiger partial charge in [-0.05, 0) is 46.7 Å². The highest BCUT2D eigenvalue weighted by molar-refractivity contribution is 4.70. The zero-order chi connectivity index (χ0) is 12.4. The maximum atomic E-state index is 3.57. The van der Waals surface area contributed by atoms with E-state index < -0.39 is 0 Å². The van der Waals surface area contributed by atoms with E-state index >= 15 is 0 Å². The van der Waals surface area contributed by atoms with Gasteiger partial charge in [0.2, 0.25) is 0 Å². The van der Waals surface area contributed by atoms with Crippen LogP contribution in [0.1, 0.15) is 60.3 Å². The van der Waals surface area contributed by atoms with Crippen LogP contribution >= 0.6 is 0 Å². The van der Waals surface area contributed by atoms with Crippen LogP contribution in [0.25, 0.3) is 0 Å². The van der Waals surface area contributed by atoms with Crippen LogP contribution in [0.4, 0.5) is 0 Å².